The SMILES string of the molecule is CCCCOC(=O)C(CCCC)C(=O)OC(C)C1CCCCC1. The Balaban J connectivity index is 2.53. The number of unbranched alkanes of at least 4 members (excludes halogenated alkanes) is 2. The van der Waals surface area contributed by atoms with Crippen molar-refractivity contribution in [3.63, 3.8) is 0 Å². The first-order chi connectivity index (χ1) is 11.1. The fraction of sp³-hybridized carbons (Fsp3) is 0.895. The van der Waals surface area contributed by atoms with Crippen molar-refractivity contribution < 1.29 is 19.1 Å². The molecule has 134 valence electrons. The summed E-state index contributed by atoms with van der Waals surface area (Å²) in [6, 6.07) is 0. The highest BCUT2D eigenvalue weighted by molar-refractivity contribution is 5.94. The van der Waals surface area contributed by atoms with Crippen LogP contribution in [0.1, 0.15) is 85.0 Å². The summed E-state index contributed by atoms with van der Waals surface area (Å²) in [5.74, 6) is -1.11. The van der Waals surface area contributed by atoms with Crippen molar-refractivity contribution in [2.75, 3.05) is 6.61 Å². The van der Waals surface area contributed by atoms with Gasteiger partial charge in [-0.25, -0.2) is 0 Å². The maximum absolute atomic E-state index is 12.5. The van der Waals surface area contributed by atoms with Gasteiger partial charge in [0.15, 0.2) is 5.92 Å². The van der Waals surface area contributed by atoms with Crippen molar-refractivity contribution in [1.29, 1.82) is 0 Å². The van der Waals surface area contributed by atoms with Crippen LogP contribution in [0.3, 0.4) is 0 Å². The third kappa shape index (κ3) is 7.36. The van der Waals surface area contributed by atoms with Gasteiger partial charge in [0.05, 0.1) is 6.61 Å². The van der Waals surface area contributed by atoms with Crippen molar-refractivity contribution in [2.24, 2.45) is 11.8 Å². The highest BCUT2D eigenvalue weighted by atomic mass is 16.6. The minimum Gasteiger partial charge on any atom is -0.465 e. The number of carbonyl (C=O) groups excluding carboxylic acids is 2. The van der Waals surface area contributed by atoms with Gasteiger partial charge in [0.2, 0.25) is 0 Å². The predicted molar refractivity (Wildman–Crippen MR) is 91.0 cm³/mol. The Hall–Kier alpha value is -1.06. The molecule has 0 N–H and O–H groups in total. The summed E-state index contributed by atoms with van der Waals surface area (Å²) in [7, 11) is 0. The standard InChI is InChI=1S/C19H34O4/c1-4-6-13-17(18(20)22-14-7-5-2)19(21)23-15(3)16-11-9-8-10-12-16/h15-17H,4-14H2,1-3H3. The normalized spacial score (nSPS) is 18.2. The van der Waals surface area contributed by atoms with E-state index in [2.05, 4.69) is 6.92 Å². The minimum atomic E-state index is -0.752. The second-order valence-corrected chi connectivity index (χ2v) is 6.76. The van der Waals surface area contributed by atoms with Crippen LogP contribution in [0.5, 0.6) is 0 Å². The lowest BCUT2D eigenvalue weighted by Crippen LogP contribution is -2.33. The topological polar surface area (TPSA) is 52.6 Å². The fourth-order valence-electron chi connectivity index (χ4n) is 3.12. The monoisotopic (exact) mass is 326 g/mol. The Labute approximate surface area is 141 Å². The summed E-state index contributed by atoms with van der Waals surface area (Å²) in [6.07, 6.45) is 9.95. The van der Waals surface area contributed by atoms with Crippen LogP contribution in [0, 0.1) is 11.8 Å². The van der Waals surface area contributed by atoms with E-state index in [0.717, 1.165) is 38.5 Å². The van der Waals surface area contributed by atoms with E-state index in [-0.39, 0.29) is 6.10 Å². The molecule has 0 saturated heterocycles. The summed E-state index contributed by atoms with van der Waals surface area (Å²) in [4.78, 5) is 24.7. The molecule has 0 amide bonds. The summed E-state index contributed by atoms with van der Waals surface area (Å²) in [6.45, 7) is 6.45. The lowest BCUT2D eigenvalue weighted by molar-refractivity contribution is -0.167. The van der Waals surface area contributed by atoms with E-state index in [1.54, 1.807) is 0 Å². The predicted octanol–water partition coefficient (Wildman–Crippen LogP) is 4.65. The molecule has 0 aromatic rings. The van der Waals surface area contributed by atoms with Crippen LogP contribution in [0.2, 0.25) is 0 Å². The Kier molecular flexibility index (Phi) is 9.97. The number of carbonyl (C=O) groups is 2. The maximum Gasteiger partial charge on any atom is 0.320 e. The Morgan fingerprint density at radius 1 is 1.00 bits per heavy atom. The van der Waals surface area contributed by atoms with E-state index in [1.807, 2.05) is 13.8 Å². The van der Waals surface area contributed by atoms with Crippen LogP contribution in [0.15, 0.2) is 0 Å². The van der Waals surface area contributed by atoms with Crippen molar-refractivity contribution in [2.45, 2.75) is 91.1 Å². The average Bonchev–Trinajstić information content (AvgIpc) is 2.56. The summed E-state index contributed by atoms with van der Waals surface area (Å²) in [5, 5.41) is 0. The third-order valence-electron chi connectivity index (χ3n) is 4.77. The molecule has 0 heterocycles. The van der Waals surface area contributed by atoms with Gasteiger partial charge in [-0.1, -0.05) is 52.4 Å². The molecule has 4 nitrogen and oxygen atoms in total. The highest BCUT2D eigenvalue weighted by Gasteiger charge is 2.32. The molecule has 0 aromatic heterocycles. The van der Waals surface area contributed by atoms with Crippen molar-refractivity contribution in [3.05, 3.63) is 0 Å². The van der Waals surface area contributed by atoms with Gasteiger partial charge >= 0.3 is 11.9 Å². The quantitative estimate of drug-likeness (QED) is 0.333. The molecule has 4 heteroatoms. The molecular formula is C19H34O4. The van der Waals surface area contributed by atoms with E-state index in [1.165, 1.54) is 19.3 Å². The van der Waals surface area contributed by atoms with Crippen LogP contribution in [-0.2, 0) is 19.1 Å². The van der Waals surface area contributed by atoms with Gasteiger partial charge in [-0.15, -0.1) is 0 Å². The zero-order valence-corrected chi connectivity index (χ0v) is 15.1. The zero-order chi connectivity index (χ0) is 17.1. The molecule has 0 bridgehead atoms. The van der Waals surface area contributed by atoms with Gasteiger partial charge in [-0.2, -0.15) is 0 Å². The second-order valence-electron chi connectivity index (χ2n) is 6.76. The van der Waals surface area contributed by atoms with Gasteiger partial charge in [-0.05, 0) is 38.5 Å². The molecule has 0 spiro atoms. The largest absolute Gasteiger partial charge is 0.465 e. The summed E-state index contributed by atoms with van der Waals surface area (Å²) < 4.78 is 10.9. The van der Waals surface area contributed by atoms with E-state index >= 15 is 0 Å². The molecule has 1 fully saturated rings. The molecule has 1 saturated carbocycles. The second kappa shape index (κ2) is 11.5. The van der Waals surface area contributed by atoms with Gasteiger partial charge in [0.1, 0.15) is 6.10 Å². The number of ether oxygens (including phenoxy) is 2. The number of rotatable bonds is 10. The smallest absolute Gasteiger partial charge is 0.320 e. The van der Waals surface area contributed by atoms with E-state index in [4.69, 9.17) is 9.47 Å². The van der Waals surface area contributed by atoms with Gasteiger partial charge < -0.3 is 9.47 Å². The van der Waals surface area contributed by atoms with Crippen molar-refractivity contribution in [3.8, 4) is 0 Å². The molecule has 1 rings (SSSR count). The first kappa shape index (κ1) is 20.0. The minimum absolute atomic E-state index is 0.102. The number of esters is 2. The molecular weight excluding hydrogens is 292 g/mol. The number of hydrogen-bond acceptors (Lipinski definition) is 4. The van der Waals surface area contributed by atoms with E-state index < -0.39 is 17.9 Å². The highest BCUT2D eigenvalue weighted by Crippen LogP contribution is 2.28. The lowest BCUT2D eigenvalue weighted by Gasteiger charge is -2.28. The van der Waals surface area contributed by atoms with Gasteiger partial charge in [0, 0.05) is 0 Å². The van der Waals surface area contributed by atoms with Crippen LogP contribution < -0.4 is 0 Å². The van der Waals surface area contributed by atoms with Crippen molar-refractivity contribution >= 4 is 11.9 Å². The molecule has 2 atom stereocenters. The molecule has 0 radical (unpaired) electrons. The zero-order valence-electron chi connectivity index (χ0n) is 15.1. The molecule has 0 aliphatic heterocycles. The van der Waals surface area contributed by atoms with Crippen LogP contribution in [0.25, 0.3) is 0 Å². The van der Waals surface area contributed by atoms with E-state index in [9.17, 15) is 9.59 Å². The molecule has 23 heavy (non-hydrogen) atoms. The molecule has 1 aliphatic rings. The third-order valence-corrected chi connectivity index (χ3v) is 4.77. The van der Waals surface area contributed by atoms with Gasteiger partial charge in [0.25, 0.3) is 0 Å². The number of hydrogen-bond donors (Lipinski definition) is 0. The van der Waals surface area contributed by atoms with Crippen LogP contribution >= 0.6 is 0 Å². The van der Waals surface area contributed by atoms with Crippen LogP contribution in [0.4, 0.5) is 0 Å². The Bertz CT molecular complexity index is 347. The Morgan fingerprint density at radius 3 is 2.26 bits per heavy atom. The first-order valence-electron chi connectivity index (χ1n) is 9.47. The molecule has 1 aliphatic carbocycles. The summed E-state index contributed by atoms with van der Waals surface area (Å²) in [5.41, 5.74) is 0. The van der Waals surface area contributed by atoms with Gasteiger partial charge in [-0.3, -0.25) is 9.59 Å². The van der Waals surface area contributed by atoms with E-state index in [0.29, 0.717) is 18.9 Å². The Morgan fingerprint density at radius 2 is 1.65 bits per heavy atom. The lowest BCUT2D eigenvalue weighted by atomic mass is 9.86. The molecule has 2 unspecified atom stereocenters. The first-order valence-corrected chi connectivity index (χ1v) is 9.47. The van der Waals surface area contributed by atoms with Crippen molar-refractivity contribution in [1.82, 2.24) is 0 Å². The summed E-state index contributed by atoms with van der Waals surface area (Å²) >= 11 is 0. The fourth-order valence-corrected chi connectivity index (χ4v) is 3.12. The average molecular weight is 326 g/mol. The maximum atomic E-state index is 12.5. The van der Waals surface area contributed by atoms with Crippen LogP contribution in [-0.4, -0.2) is 24.6 Å². The molecule has 0 aromatic carbocycles.